The van der Waals surface area contributed by atoms with Crippen LogP contribution in [0.5, 0.6) is 0 Å². The van der Waals surface area contributed by atoms with E-state index in [1.165, 1.54) is 0 Å². The SMILES string of the molecule is CC(=O)c1cccc(-c2cccc(Cl)c2C)c1. The van der Waals surface area contributed by atoms with Gasteiger partial charge in [0.25, 0.3) is 0 Å². The molecule has 0 heterocycles. The molecule has 0 aromatic heterocycles. The zero-order valence-corrected chi connectivity index (χ0v) is 10.6. The highest BCUT2D eigenvalue weighted by Crippen LogP contribution is 2.28. The Hall–Kier alpha value is -1.60. The van der Waals surface area contributed by atoms with Crippen LogP contribution in [0.15, 0.2) is 42.5 Å². The van der Waals surface area contributed by atoms with Gasteiger partial charge < -0.3 is 0 Å². The molecule has 0 aliphatic rings. The van der Waals surface area contributed by atoms with E-state index in [0.29, 0.717) is 0 Å². The topological polar surface area (TPSA) is 17.1 Å². The van der Waals surface area contributed by atoms with Crippen LogP contribution in [0.1, 0.15) is 22.8 Å². The number of benzene rings is 2. The molecule has 0 saturated carbocycles. The highest BCUT2D eigenvalue weighted by molar-refractivity contribution is 6.31. The number of carbonyl (C=O) groups excluding carboxylic acids is 1. The van der Waals surface area contributed by atoms with E-state index in [4.69, 9.17) is 11.6 Å². The average Bonchev–Trinajstić information content (AvgIpc) is 2.33. The van der Waals surface area contributed by atoms with Gasteiger partial charge in [0.1, 0.15) is 0 Å². The lowest BCUT2D eigenvalue weighted by molar-refractivity contribution is 0.101. The first-order valence-corrected chi connectivity index (χ1v) is 5.84. The molecule has 2 aromatic rings. The molecule has 2 rings (SSSR count). The van der Waals surface area contributed by atoms with Gasteiger partial charge in [0.2, 0.25) is 0 Å². The molecule has 0 N–H and O–H groups in total. The molecule has 0 saturated heterocycles. The molecule has 17 heavy (non-hydrogen) atoms. The quantitative estimate of drug-likeness (QED) is 0.710. The van der Waals surface area contributed by atoms with Crippen molar-refractivity contribution in [3.8, 4) is 11.1 Å². The average molecular weight is 245 g/mol. The molecule has 0 bridgehead atoms. The summed E-state index contributed by atoms with van der Waals surface area (Å²) in [6.07, 6.45) is 0. The van der Waals surface area contributed by atoms with Crippen LogP contribution in [0.4, 0.5) is 0 Å². The van der Waals surface area contributed by atoms with Crippen molar-refractivity contribution in [3.05, 3.63) is 58.6 Å². The smallest absolute Gasteiger partial charge is 0.159 e. The monoisotopic (exact) mass is 244 g/mol. The normalized spacial score (nSPS) is 10.3. The molecule has 0 atom stereocenters. The van der Waals surface area contributed by atoms with Crippen molar-refractivity contribution in [2.75, 3.05) is 0 Å². The Morgan fingerprint density at radius 3 is 2.53 bits per heavy atom. The van der Waals surface area contributed by atoms with Crippen LogP contribution < -0.4 is 0 Å². The maximum absolute atomic E-state index is 11.4. The molecule has 0 aliphatic heterocycles. The van der Waals surface area contributed by atoms with E-state index in [1.54, 1.807) is 6.92 Å². The lowest BCUT2D eigenvalue weighted by Gasteiger charge is -2.08. The molecule has 2 heteroatoms. The molecule has 0 unspecified atom stereocenters. The first-order valence-electron chi connectivity index (χ1n) is 5.46. The summed E-state index contributed by atoms with van der Waals surface area (Å²) >= 11 is 6.10. The molecule has 0 radical (unpaired) electrons. The summed E-state index contributed by atoms with van der Waals surface area (Å²) in [5, 5.41) is 0.746. The lowest BCUT2D eigenvalue weighted by Crippen LogP contribution is -1.92. The maximum Gasteiger partial charge on any atom is 0.159 e. The van der Waals surface area contributed by atoms with Gasteiger partial charge >= 0.3 is 0 Å². The summed E-state index contributed by atoms with van der Waals surface area (Å²) in [4.78, 5) is 11.4. The van der Waals surface area contributed by atoms with E-state index < -0.39 is 0 Å². The molecule has 0 fully saturated rings. The maximum atomic E-state index is 11.4. The summed E-state index contributed by atoms with van der Waals surface area (Å²) in [6, 6.07) is 13.4. The molecule has 0 amide bonds. The van der Waals surface area contributed by atoms with Crippen molar-refractivity contribution in [1.82, 2.24) is 0 Å². The minimum atomic E-state index is 0.0755. The second-order valence-electron chi connectivity index (χ2n) is 4.05. The number of hydrogen-bond acceptors (Lipinski definition) is 1. The van der Waals surface area contributed by atoms with E-state index in [1.807, 2.05) is 49.4 Å². The number of carbonyl (C=O) groups is 1. The van der Waals surface area contributed by atoms with Crippen LogP contribution in [-0.2, 0) is 0 Å². The Morgan fingerprint density at radius 1 is 1.12 bits per heavy atom. The fourth-order valence-corrected chi connectivity index (χ4v) is 2.00. The third kappa shape index (κ3) is 2.40. The van der Waals surface area contributed by atoms with Gasteiger partial charge in [0, 0.05) is 10.6 Å². The summed E-state index contributed by atoms with van der Waals surface area (Å²) in [7, 11) is 0. The minimum absolute atomic E-state index is 0.0755. The summed E-state index contributed by atoms with van der Waals surface area (Å²) < 4.78 is 0. The third-order valence-corrected chi connectivity index (χ3v) is 3.26. The number of hydrogen-bond donors (Lipinski definition) is 0. The van der Waals surface area contributed by atoms with Crippen LogP contribution in [0.25, 0.3) is 11.1 Å². The lowest BCUT2D eigenvalue weighted by atomic mass is 9.98. The van der Waals surface area contributed by atoms with Crippen LogP contribution >= 0.6 is 11.6 Å². The minimum Gasteiger partial charge on any atom is -0.295 e. The van der Waals surface area contributed by atoms with Gasteiger partial charge in [-0.2, -0.15) is 0 Å². The molecule has 0 spiro atoms. The van der Waals surface area contributed by atoms with Crippen LogP contribution in [0.2, 0.25) is 5.02 Å². The zero-order chi connectivity index (χ0) is 12.4. The van der Waals surface area contributed by atoms with Gasteiger partial charge in [0.05, 0.1) is 0 Å². The molecular weight excluding hydrogens is 232 g/mol. The number of halogens is 1. The first-order chi connectivity index (χ1) is 8.09. The van der Waals surface area contributed by atoms with Crippen molar-refractivity contribution in [1.29, 1.82) is 0 Å². The summed E-state index contributed by atoms with van der Waals surface area (Å²) in [5.74, 6) is 0.0755. The Morgan fingerprint density at radius 2 is 1.82 bits per heavy atom. The number of rotatable bonds is 2. The Balaban J connectivity index is 2.57. The van der Waals surface area contributed by atoms with Crippen LogP contribution in [0, 0.1) is 6.92 Å². The molecular formula is C15H13ClO. The fourth-order valence-electron chi connectivity index (χ4n) is 1.83. The van der Waals surface area contributed by atoms with Gasteiger partial charge in [-0.1, -0.05) is 41.9 Å². The highest BCUT2D eigenvalue weighted by atomic mass is 35.5. The van der Waals surface area contributed by atoms with Gasteiger partial charge in [0.15, 0.2) is 5.78 Å². The van der Waals surface area contributed by atoms with E-state index in [0.717, 1.165) is 27.3 Å². The van der Waals surface area contributed by atoms with Gasteiger partial charge in [-0.3, -0.25) is 4.79 Å². The molecule has 0 aliphatic carbocycles. The van der Waals surface area contributed by atoms with Crippen molar-refractivity contribution in [2.45, 2.75) is 13.8 Å². The molecule has 2 aromatic carbocycles. The van der Waals surface area contributed by atoms with Gasteiger partial charge in [-0.05, 0) is 42.7 Å². The standard InChI is InChI=1S/C15H13ClO/c1-10-14(7-4-8-15(10)16)13-6-3-5-12(9-13)11(2)17/h3-9H,1-2H3. The fraction of sp³-hybridized carbons (Fsp3) is 0.133. The van der Waals surface area contributed by atoms with E-state index in [-0.39, 0.29) is 5.78 Å². The predicted octanol–water partition coefficient (Wildman–Crippen LogP) is 4.52. The summed E-state index contributed by atoms with van der Waals surface area (Å²) in [6.45, 7) is 3.56. The van der Waals surface area contributed by atoms with Gasteiger partial charge in [-0.15, -0.1) is 0 Å². The predicted molar refractivity (Wildman–Crippen MR) is 71.6 cm³/mol. The second kappa shape index (κ2) is 4.72. The molecule has 86 valence electrons. The van der Waals surface area contributed by atoms with Crippen LogP contribution in [-0.4, -0.2) is 5.78 Å². The highest BCUT2D eigenvalue weighted by Gasteiger charge is 2.06. The zero-order valence-electron chi connectivity index (χ0n) is 9.83. The summed E-state index contributed by atoms with van der Waals surface area (Å²) in [5.41, 5.74) is 3.86. The Kier molecular flexibility index (Phi) is 3.30. The van der Waals surface area contributed by atoms with E-state index in [2.05, 4.69) is 0 Å². The Bertz CT molecular complexity index is 573. The largest absolute Gasteiger partial charge is 0.295 e. The van der Waals surface area contributed by atoms with Crippen molar-refractivity contribution < 1.29 is 4.79 Å². The third-order valence-electron chi connectivity index (χ3n) is 2.85. The first kappa shape index (κ1) is 11.9. The van der Waals surface area contributed by atoms with Gasteiger partial charge in [-0.25, -0.2) is 0 Å². The number of Topliss-reactive ketones (excluding diaryl/α,β-unsaturated/α-hetero) is 1. The van der Waals surface area contributed by atoms with Crippen molar-refractivity contribution in [3.63, 3.8) is 0 Å². The van der Waals surface area contributed by atoms with Crippen molar-refractivity contribution >= 4 is 17.4 Å². The van der Waals surface area contributed by atoms with Crippen molar-refractivity contribution in [2.24, 2.45) is 0 Å². The Labute approximate surface area is 106 Å². The number of ketones is 1. The van der Waals surface area contributed by atoms with E-state index in [9.17, 15) is 4.79 Å². The van der Waals surface area contributed by atoms with E-state index >= 15 is 0 Å². The second-order valence-corrected chi connectivity index (χ2v) is 4.46. The molecule has 1 nitrogen and oxygen atoms in total. The van der Waals surface area contributed by atoms with Crippen LogP contribution in [0.3, 0.4) is 0 Å².